The van der Waals surface area contributed by atoms with Crippen molar-refractivity contribution < 1.29 is 4.74 Å². The largest absolute Gasteiger partial charge is 0.490 e. The van der Waals surface area contributed by atoms with E-state index in [4.69, 9.17) is 4.74 Å². The number of rotatable bonds is 1. The molecule has 0 saturated carbocycles. The number of hydrogen-bond donors (Lipinski definition) is 1. The van der Waals surface area contributed by atoms with Crippen molar-refractivity contribution in [1.82, 2.24) is 0 Å². The first kappa shape index (κ1) is 7.00. The molecular formula is C7H14OS. The summed E-state index contributed by atoms with van der Waals surface area (Å²) in [5.74, 6) is 0. The molecule has 0 aliphatic carbocycles. The van der Waals surface area contributed by atoms with Gasteiger partial charge in [0.05, 0.1) is 6.61 Å². The lowest BCUT2D eigenvalue weighted by molar-refractivity contribution is 0.219. The molecular weight excluding hydrogens is 132 g/mol. The maximum atomic E-state index is 5.43. The third-order valence-electron chi connectivity index (χ3n) is 1.36. The fourth-order valence-corrected chi connectivity index (χ4v) is 1.70. The summed E-state index contributed by atoms with van der Waals surface area (Å²) in [6, 6.07) is 0. The summed E-state index contributed by atoms with van der Waals surface area (Å²) < 4.78 is 5.43. The van der Waals surface area contributed by atoms with Gasteiger partial charge in [0.25, 0.3) is 0 Å². The molecule has 1 aliphatic rings. The number of thiol groups is 1. The average molecular weight is 146 g/mol. The molecule has 1 rings (SSSR count). The topological polar surface area (TPSA) is 9.23 Å². The molecule has 1 heterocycles. The van der Waals surface area contributed by atoms with Gasteiger partial charge in [0.1, 0.15) is 5.09 Å². The quantitative estimate of drug-likeness (QED) is 0.556. The molecule has 0 N–H and O–H groups in total. The predicted molar refractivity (Wildman–Crippen MR) is 44.1 cm³/mol. The van der Waals surface area contributed by atoms with Crippen LogP contribution >= 0.6 is 10.9 Å². The van der Waals surface area contributed by atoms with Gasteiger partial charge in [-0.25, -0.2) is 10.9 Å². The van der Waals surface area contributed by atoms with E-state index in [9.17, 15) is 0 Å². The zero-order valence-electron chi connectivity index (χ0n) is 6.05. The van der Waals surface area contributed by atoms with Crippen LogP contribution in [-0.4, -0.2) is 19.1 Å². The third kappa shape index (κ3) is 1.94. The van der Waals surface area contributed by atoms with Crippen LogP contribution in [0.2, 0.25) is 0 Å². The second kappa shape index (κ2) is 3.16. The van der Waals surface area contributed by atoms with Gasteiger partial charge in [0, 0.05) is 0 Å². The van der Waals surface area contributed by atoms with Crippen LogP contribution in [-0.2, 0) is 4.74 Å². The molecule has 0 amide bonds. The molecule has 1 aliphatic heterocycles. The molecule has 0 radical (unpaired) electrons. The summed E-state index contributed by atoms with van der Waals surface area (Å²) in [4.78, 5) is 0. The van der Waals surface area contributed by atoms with Crippen LogP contribution in [0, 0.1) is 0 Å². The van der Waals surface area contributed by atoms with Gasteiger partial charge in [-0.3, -0.25) is 0 Å². The van der Waals surface area contributed by atoms with Gasteiger partial charge < -0.3 is 4.74 Å². The second-order valence-electron chi connectivity index (χ2n) is 2.43. The zero-order valence-corrected chi connectivity index (χ0v) is 6.95. The molecule has 2 heteroatoms. The molecule has 0 unspecified atom stereocenters. The molecule has 0 aromatic carbocycles. The van der Waals surface area contributed by atoms with Crippen LogP contribution in [0.5, 0.6) is 0 Å². The highest BCUT2D eigenvalue weighted by Gasteiger charge is 2.04. The van der Waals surface area contributed by atoms with E-state index >= 15 is 0 Å². The highest BCUT2D eigenvalue weighted by atomic mass is 32.2. The van der Waals surface area contributed by atoms with E-state index in [0.717, 1.165) is 6.61 Å². The van der Waals surface area contributed by atoms with Crippen molar-refractivity contribution in [3.63, 3.8) is 0 Å². The molecule has 0 fully saturated rings. The number of ether oxygens (including phenoxy) is 1. The fraction of sp³-hybridized carbons (Fsp3) is 0.714. The average Bonchev–Trinajstić information content (AvgIpc) is 1.90. The minimum Gasteiger partial charge on any atom is -0.490 e. The van der Waals surface area contributed by atoms with E-state index in [2.05, 4.69) is 18.6 Å². The van der Waals surface area contributed by atoms with Gasteiger partial charge in [0.2, 0.25) is 0 Å². The Kier molecular flexibility index (Phi) is 2.46. The van der Waals surface area contributed by atoms with E-state index < -0.39 is 0 Å². The van der Waals surface area contributed by atoms with Crippen molar-refractivity contribution in [3.05, 3.63) is 11.2 Å². The Morgan fingerprint density at radius 2 is 2.33 bits per heavy atom. The Morgan fingerprint density at radius 1 is 1.56 bits per heavy atom. The van der Waals surface area contributed by atoms with Gasteiger partial charge >= 0.3 is 0 Å². The predicted octanol–water partition coefficient (Wildman–Crippen LogP) is 1.90. The maximum Gasteiger partial charge on any atom is 0.129 e. The molecule has 1 nitrogen and oxygen atoms in total. The monoisotopic (exact) mass is 146 g/mol. The Hall–Kier alpha value is -0.110. The van der Waals surface area contributed by atoms with Crippen LogP contribution < -0.4 is 0 Å². The molecule has 0 spiro atoms. The lowest BCUT2D eigenvalue weighted by atomic mass is 10.3. The van der Waals surface area contributed by atoms with Gasteiger partial charge in [-0.2, -0.15) is 0 Å². The van der Waals surface area contributed by atoms with E-state index in [1.807, 2.05) is 0 Å². The van der Waals surface area contributed by atoms with Gasteiger partial charge in [-0.15, -0.1) is 0 Å². The maximum absolute atomic E-state index is 5.43. The Morgan fingerprint density at radius 3 is 2.67 bits per heavy atom. The summed E-state index contributed by atoms with van der Waals surface area (Å²) in [6.07, 6.45) is 9.11. The molecule has 54 valence electrons. The lowest BCUT2D eigenvalue weighted by Gasteiger charge is -2.19. The van der Waals surface area contributed by atoms with E-state index in [-0.39, 0.29) is 10.9 Å². The SMILES string of the molecule is C[SH](C)C1=CCCCO1. The smallest absolute Gasteiger partial charge is 0.129 e. The second-order valence-corrected chi connectivity index (χ2v) is 4.66. The summed E-state index contributed by atoms with van der Waals surface area (Å²) in [6.45, 7) is 0.937. The van der Waals surface area contributed by atoms with Crippen molar-refractivity contribution >= 4 is 10.9 Å². The Bertz CT molecular complexity index is 118. The van der Waals surface area contributed by atoms with E-state index in [1.165, 1.54) is 17.9 Å². The van der Waals surface area contributed by atoms with Gasteiger partial charge in [0.15, 0.2) is 0 Å². The van der Waals surface area contributed by atoms with Crippen molar-refractivity contribution in [2.75, 3.05) is 19.1 Å². The lowest BCUT2D eigenvalue weighted by Crippen LogP contribution is -2.00. The first-order chi connectivity index (χ1) is 4.30. The summed E-state index contributed by atoms with van der Waals surface area (Å²) in [7, 11) is 0.0203. The standard InChI is InChI=1S/C7H14OS/c1-9(2)7-5-3-4-6-8-7/h5,9H,3-4,6H2,1-2H3. The molecule has 0 saturated heterocycles. The Labute approximate surface area is 59.4 Å². The van der Waals surface area contributed by atoms with Crippen LogP contribution in [0.3, 0.4) is 0 Å². The van der Waals surface area contributed by atoms with Gasteiger partial charge in [-0.05, 0) is 31.4 Å². The summed E-state index contributed by atoms with van der Waals surface area (Å²) in [5.41, 5.74) is 0. The number of allylic oxidation sites excluding steroid dienone is 1. The van der Waals surface area contributed by atoms with Crippen LogP contribution in [0.25, 0.3) is 0 Å². The zero-order chi connectivity index (χ0) is 6.69. The minimum absolute atomic E-state index is 0.0203. The normalized spacial score (nSPS) is 20.2. The van der Waals surface area contributed by atoms with Crippen molar-refractivity contribution in [1.29, 1.82) is 0 Å². The molecule has 0 aromatic heterocycles. The third-order valence-corrected chi connectivity index (χ3v) is 2.55. The first-order valence-corrected chi connectivity index (χ1v) is 5.54. The Balaban J connectivity index is 2.46. The summed E-state index contributed by atoms with van der Waals surface area (Å²) in [5, 5.41) is 1.25. The molecule has 0 aromatic rings. The molecule has 0 bridgehead atoms. The summed E-state index contributed by atoms with van der Waals surface area (Å²) >= 11 is 0. The van der Waals surface area contributed by atoms with Crippen LogP contribution in [0.4, 0.5) is 0 Å². The van der Waals surface area contributed by atoms with Crippen LogP contribution in [0.15, 0.2) is 11.2 Å². The van der Waals surface area contributed by atoms with Crippen molar-refractivity contribution in [2.45, 2.75) is 12.8 Å². The van der Waals surface area contributed by atoms with Gasteiger partial charge in [-0.1, -0.05) is 0 Å². The number of hydrogen-bond acceptors (Lipinski definition) is 1. The van der Waals surface area contributed by atoms with Crippen LogP contribution in [0.1, 0.15) is 12.8 Å². The molecule has 0 atom stereocenters. The first-order valence-electron chi connectivity index (χ1n) is 3.31. The highest BCUT2D eigenvalue weighted by molar-refractivity contribution is 8.19. The minimum atomic E-state index is 0.0203. The van der Waals surface area contributed by atoms with Crippen molar-refractivity contribution in [2.24, 2.45) is 0 Å². The molecule has 9 heavy (non-hydrogen) atoms. The fourth-order valence-electron chi connectivity index (χ4n) is 0.856. The van der Waals surface area contributed by atoms with E-state index in [1.54, 1.807) is 0 Å². The van der Waals surface area contributed by atoms with Crippen molar-refractivity contribution in [3.8, 4) is 0 Å². The highest BCUT2D eigenvalue weighted by Crippen LogP contribution is 2.30. The van der Waals surface area contributed by atoms with E-state index in [0.29, 0.717) is 0 Å².